The molecule has 0 spiro atoms. The monoisotopic (exact) mass is 162 g/mol. The van der Waals surface area contributed by atoms with E-state index >= 15 is 0 Å². The van der Waals surface area contributed by atoms with Crippen LogP contribution in [0.1, 0.15) is 0 Å². The number of hydrogen-bond acceptors (Lipinski definition) is 2. The number of thiol groups is 1. The van der Waals surface area contributed by atoms with Crippen LogP contribution < -0.4 is 0 Å². The second kappa shape index (κ2) is 2.46. The number of halogens is 2. The van der Waals surface area contributed by atoms with E-state index in [1.807, 2.05) is 0 Å². The van der Waals surface area contributed by atoms with Crippen molar-refractivity contribution in [3.05, 3.63) is 23.8 Å². The number of phenolic OH excluding ortho intramolecular Hbond substituents is 1. The van der Waals surface area contributed by atoms with Crippen LogP contribution in [0.2, 0.25) is 0 Å². The van der Waals surface area contributed by atoms with Crippen molar-refractivity contribution in [2.75, 3.05) is 0 Å². The highest BCUT2D eigenvalue weighted by atomic mass is 32.1. The zero-order chi connectivity index (χ0) is 7.72. The minimum Gasteiger partial charge on any atom is -0.505 e. The Morgan fingerprint density at radius 2 is 1.80 bits per heavy atom. The number of aromatic hydroxyl groups is 1. The Kier molecular flexibility index (Phi) is 1.80. The molecular weight excluding hydrogens is 158 g/mol. The average Bonchev–Trinajstić information content (AvgIpc) is 1.93. The van der Waals surface area contributed by atoms with Gasteiger partial charge in [0, 0.05) is 4.90 Å². The van der Waals surface area contributed by atoms with E-state index in [-0.39, 0.29) is 4.90 Å². The van der Waals surface area contributed by atoms with E-state index in [2.05, 4.69) is 12.6 Å². The fraction of sp³-hybridized carbons (Fsp3) is 0. The molecule has 0 aliphatic rings. The van der Waals surface area contributed by atoms with Crippen LogP contribution in [0, 0.1) is 11.6 Å². The molecule has 0 fully saturated rings. The first kappa shape index (κ1) is 7.34. The van der Waals surface area contributed by atoms with Crippen LogP contribution in [-0.4, -0.2) is 5.11 Å². The highest BCUT2D eigenvalue weighted by Crippen LogP contribution is 2.22. The molecule has 10 heavy (non-hydrogen) atoms. The van der Waals surface area contributed by atoms with Gasteiger partial charge in [-0.25, -0.2) is 4.39 Å². The standard InChI is InChI=1S/C6H4F2OS/c7-5-3(9)1-2-4(10)6(5)8/h1-2,9-10H. The quantitative estimate of drug-likeness (QED) is 0.559. The summed E-state index contributed by atoms with van der Waals surface area (Å²) in [6.07, 6.45) is 0. The summed E-state index contributed by atoms with van der Waals surface area (Å²) in [6.45, 7) is 0. The smallest absolute Gasteiger partial charge is 0.201 e. The third-order valence-electron chi connectivity index (χ3n) is 1.04. The van der Waals surface area contributed by atoms with Crippen molar-refractivity contribution in [2.45, 2.75) is 4.90 Å². The highest BCUT2D eigenvalue weighted by molar-refractivity contribution is 7.80. The number of rotatable bonds is 0. The molecule has 1 rings (SSSR count). The van der Waals surface area contributed by atoms with E-state index in [1.165, 1.54) is 6.07 Å². The van der Waals surface area contributed by atoms with E-state index in [9.17, 15) is 8.78 Å². The first-order valence-electron chi connectivity index (χ1n) is 2.49. The van der Waals surface area contributed by atoms with Crippen molar-refractivity contribution in [1.82, 2.24) is 0 Å². The molecule has 54 valence electrons. The summed E-state index contributed by atoms with van der Waals surface area (Å²) >= 11 is 3.59. The molecule has 0 heterocycles. The molecule has 0 unspecified atom stereocenters. The molecule has 0 aliphatic carbocycles. The normalized spacial score (nSPS) is 9.90. The van der Waals surface area contributed by atoms with Crippen molar-refractivity contribution >= 4 is 12.6 Å². The molecule has 1 nitrogen and oxygen atoms in total. The molecular formula is C6H4F2OS. The van der Waals surface area contributed by atoms with Gasteiger partial charge in [0.1, 0.15) is 0 Å². The second-order valence-corrected chi connectivity index (χ2v) is 2.21. The van der Waals surface area contributed by atoms with Crippen LogP contribution in [0.3, 0.4) is 0 Å². The molecule has 0 saturated heterocycles. The van der Waals surface area contributed by atoms with E-state index in [4.69, 9.17) is 5.11 Å². The zero-order valence-electron chi connectivity index (χ0n) is 4.81. The Bertz CT molecular complexity index is 235. The first-order valence-corrected chi connectivity index (χ1v) is 2.93. The van der Waals surface area contributed by atoms with Gasteiger partial charge >= 0.3 is 0 Å². The summed E-state index contributed by atoms with van der Waals surface area (Å²) in [5, 5.41) is 8.58. The molecule has 4 heteroatoms. The first-order chi connectivity index (χ1) is 4.63. The maximum absolute atomic E-state index is 12.4. The molecule has 0 saturated carbocycles. The van der Waals surface area contributed by atoms with E-state index in [1.54, 1.807) is 0 Å². The highest BCUT2D eigenvalue weighted by Gasteiger charge is 2.09. The Labute approximate surface area is 61.7 Å². The molecule has 1 N–H and O–H groups in total. The Morgan fingerprint density at radius 1 is 1.20 bits per heavy atom. The topological polar surface area (TPSA) is 20.2 Å². The second-order valence-electron chi connectivity index (χ2n) is 1.73. The predicted molar refractivity (Wildman–Crippen MR) is 35.3 cm³/mol. The molecule has 0 atom stereocenters. The Morgan fingerprint density at radius 3 is 2.30 bits per heavy atom. The van der Waals surface area contributed by atoms with Gasteiger partial charge in [-0.3, -0.25) is 0 Å². The number of phenols is 1. The minimum atomic E-state index is -1.26. The average molecular weight is 162 g/mol. The van der Waals surface area contributed by atoms with Crippen molar-refractivity contribution < 1.29 is 13.9 Å². The zero-order valence-corrected chi connectivity index (χ0v) is 5.70. The molecule has 0 aromatic heterocycles. The lowest BCUT2D eigenvalue weighted by atomic mass is 10.3. The van der Waals surface area contributed by atoms with E-state index in [0.29, 0.717) is 0 Å². The van der Waals surface area contributed by atoms with Gasteiger partial charge in [-0.15, -0.1) is 12.6 Å². The molecule has 0 aliphatic heterocycles. The molecule has 0 radical (unpaired) electrons. The van der Waals surface area contributed by atoms with Crippen molar-refractivity contribution in [2.24, 2.45) is 0 Å². The Hall–Kier alpha value is -0.770. The fourth-order valence-corrected chi connectivity index (χ4v) is 0.702. The molecule has 1 aromatic carbocycles. The van der Waals surface area contributed by atoms with Crippen LogP contribution in [0.5, 0.6) is 5.75 Å². The summed E-state index contributed by atoms with van der Waals surface area (Å²) in [5.74, 6) is -3.08. The van der Waals surface area contributed by atoms with Crippen LogP contribution in [0.4, 0.5) is 8.78 Å². The van der Waals surface area contributed by atoms with Gasteiger partial charge < -0.3 is 5.11 Å². The molecule has 0 amide bonds. The van der Waals surface area contributed by atoms with Crippen LogP contribution in [0.15, 0.2) is 17.0 Å². The van der Waals surface area contributed by atoms with Crippen molar-refractivity contribution in [1.29, 1.82) is 0 Å². The fourth-order valence-electron chi connectivity index (χ4n) is 0.529. The SMILES string of the molecule is Oc1ccc(S)c(F)c1F. The van der Waals surface area contributed by atoms with Gasteiger partial charge in [-0.05, 0) is 12.1 Å². The summed E-state index contributed by atoms with van der Waals surface area (Å²) < 4.78 is 24.7. The van der Waals surface area contributed by atoms with Crippen molar-refractivity contribution in [3.8, 4) is 5.75 Å². The number of hydrogen-bond donors (Lipinski definition) is 2. The van der Waals surface area contributed by atoms with Crippen molar-refractivity contribution in [3.63, 3.8) is 0 Å². The third-order valence-corrected chi connectivity index (χ3v) is 1.39. The summed E-state index contributed by atoms with van der Waals surface area (Å²) in [4.78, 5) is -0.115. The van der Waals surface area contributed by atoms with Gasteiger partial charge in [0.25, 0.3) is 0 Å². The lowest BCUT2D eigenvalue weighted by Gasteiger charge is -1.97. The molecule has 0 bridgehead atoms. The minimum absolute atomic E-state index is 0.115. The van der Waals surface area contributed by atoms with Gasteiger partial charge in [0.2, 0.25) is 5.82 Å². The van der Waals surface area contributed by atoms with Crippen LogP contribution in [-0.2, 0) is 0 Å². The lowest BCUT2D eigenvalue weighted by Crippen LogP contribution is -1.85. The van der Waals surface area contributed by atoms with Crippen LogP contribution >= 0.6 is 12.6 Å². The summed E-state index contributed by atoms with van der Waals surface area (Å²) in [5.41, 5.74) is 0. The lowest BCUT2D eigenvalue weighted by molar-refractivity contribution is 0.401. The van der Waals surface area contributed by atoms with Gasteiger partial charge in [0.05, 0.1) is 0 Å². The van der Waals surface area contributed by atoms with Gasteiger partial charge in [-0.1, -0.05) is 0 Å². The van der Waals surface area contributed by atoms with E-state index in [0.717, 1.165) is 6.07 Å². The third kappa shape index (κ3) is 1.07. The maximum atomic E-state index is 12.4. The van der Waals surface area contributed by atoms with Crippen LogP contribution in [0.25, 0.3) is 0 Å². The van der Waals surface area contributed by atoms with E-state index < -0.39 is 17.4 Å². The molecule has 1 aromatic rings. The maximum Gasteiger partial charge on any atom is 0.201 e. The van der Waals surface area contributed by atoms with Gasteiger partial charge in [-0.2, -0.15) is 4.39 Å². The summed E-state index contributed by atoms with van der Waals surface area (Å²) in [7, 11) is 0. The van der Waals surface area contributed by atoms with Gasteiger partial charge in [0.15, 0.2) is 11.6 Å². The Balaban J connectivity index is 3.34. The predicted octanol–water partition coefficient (Wildman–Crippen LogP) is 1.96. The largest absolute Gasteiger partial charge is 0.505 e. The summed E-state index contributed by atoms with van der Waals surface area (Å²) in [6, 6.07) is 2.22. The number of benzene rings is 1.